The summed E-state index contributed by atoms with van der Waals surface area (Å²) in [7, 11) is 0. The highest BCUT2D eigenvalue weighted by molar-refractivity contribution is 14.1. The molecule has 0 spiro atoms. The number of halogens is 1. The summed E-state index contributed by atoms with van der Waals surface area (Å²) >= 11 is 2.10. The van der Waals surface area contributed by atoms with Gasteiger partial charge in [0.05, 0.1) is 15.1 Å². The van der Waals surface area contributed by atoms with Crippen LogP contribution in [0.15, 0.2) is 60.2 Å². The Morgan fingerprint density at radius 1 is 1.14 bits per heavy atom. The minimum atomic E-state index is -0.504. The largest absolute Gasteiger partial charge is 0.490 e. The van der Waals surface area contributed by atoms with Crippen LogP contribution in [0.2, 0.25) is 0 Å². The van der Waals surface area contributed by atoms with Crippen LogP contribution in [0.25, 0.3) is 6.08 Å². The van der Waals surface area contributed by atoms with E-state index in [0.717, 1.165) is 20.3 Å². The quantitative estimate of drug-likeness (QED) is 0.101. The van der Waals surface area contributed by atoms with Crippen LogP contribution in [-0.4, -0.2) is 17.4 Å². The summed E-state index contributed by atoms with van der Waals surface area (Å²) in [6, 6.07) is 17.2. The van der Waals surface area contributed by atoms with Crippen LogP contribution in [0.3, 0.4) is 0 Å². The van der Waals surface area contributed by atoms with Crippen LogP contribution < -0.4 is 14.8 Å². The Balaban J connectivity index is 1.83. The molecule has 9 heteroatoms. The molecule has 8 nitrogen and oxygen atoms in total. The third-order valence-electron chi connectivity index (χ3n) is 5.17. The number of nitro benzene ring substituents is 1. The SMILES string of the molecule is CCOc1cc(/C=C(/C#N)C(=O)Nc2ccc(C)cc2C)cc(I)c1OCc1ccc([N+](=O)[O-])cc1. The molecular formula is C27H24IN3O5. The summed E-state index contributed by atoms with van der Waals surface area (Å²) in [5.74, 6) is 0.465. The Morgan fingerprint density at radius 3 is 2.47 bits per heavy atom. The molecule has 0 unspecified atom stereocenters. The van der Waals surface area contributed by atoms with Gasteiger partial charge in [0.15, 0.2) is 11.5 Å². The molecule has 1 N–H and O–H groups in total. The number of nitrogens with zero attached hydrogens (tertiary/aromatic N) is 2. The lowest BCUT2D eigenvalue weighted by atomic mass is 10.1. The van der Waals surface area contributed by atoms with Gasteiger partial charge in [0.1, 0.15) is 18.2 Å². The molecule has 1 amide bonds. The average molecular weight is 597 g/mol. The maximum atomic E-state index is 12.8. The van der Waals surface area contributed by atoms with Gasteiger partial charge in [-0.3, -0.25) is 14.9 Å². The van der Waals surface area contributed by atoms with Gasteiger partial charge in [0.25, 0.3) is 11.6 Å². The molecule has 0 aliphatic carbocycles. The van der Waals surface area contributed by atoms with Crippen molar-refractivity contribution >= 4 is 45.9 Å². The Kier molecular flexibility index (Phi) is 9.02. The first-order valence-corrected chi connectivity index (χ1v) is 12.1. The van der Waals surface area contributed by atoms with Crippen LogP contribution >= 0.6 is 22.6 Å². The molecule has 0 saturated heterocycles. The maximum Gasteiger partial charge on any atom is 0.269 e. The topological polar surface area (TPSA) is 114 Å². The molecule has 0 heterocycles. The molecule has 36 heavy (non-hydrogen) atoms. The fraction of sp³-hybridized carbons (Fsp3) is 0.185. The van der Waals surface area contributed by atoms with Crippen molar-refractivity contribution in [3.05, 3.63) is 96.1 Å². The summed E-state index contributed by atoms with van der Waals surface area (Å²) < 4.78 is 12.5. The molecule has 0 bridgehead atoms. The Hall–Kier alpha value is -3.91. The molecule has 0 atom stereocenters. The van der Waals surface area contributed by atoms with Crippen molar-refractivity contribution in [2.75, 3.05) is 11.9 Å². The summed E-state index contributed by atoms with van der Waals surface area (Å²) in [5.41, 5.74) is 3.96. The van der Waals surface area contributed by atoms with Gasteiger partial charge < -0.3 is 14.8 Å². The number of anilines is 1. The third-order valence-corrected chi connectivity index (χ3v) is 5.97. The number of nitrogens with one attached hydrogen (secondary N) is 1. The van der Waals surface area contributed by atoms with Crippen molar-refractivity contribution < 1.29 is 19.2 Å². The van der Waals surface area contributed by atoms with Gasteiger partial charge in [-0.15, -0.1) is 0 Å². The van der Waals surface area contributed by atoms with E-state index < -0.39 is 10.8 Å². The molecule has 3 rings (SSSR count). The van der Waals surface area contributed by atoms with Crippen LogP contribution in [0.1, 0.15) is 29.2 Å². The third kappa shape index (κ3) is 6.82. The first kappa shape index (κ1) is 26.7. The van der Waals surface area contributed by atoms with E-state index in [4.69, 9.17) is 9.47 Å². The van der Waals surface area contributed by atoms with E-state index in [1.807, 2.05) is 45.0 Å². The molecule has 3 aromatic rings. The number of hydrogen-bond acceptors (Lipinski definition) is 6. The summed E-state index contributed by atoms with van der Waals surface area (Å²) in [5, 5.41) is 23.3. The monoisotopic (exact) mass is 597 g/mol. The highest BCUT2D eigenvalue weighted by Gasteiger charge is 2.15. The molecular weight excluding hydrogens is 573 g/mol. The van der Waals surface area contributed by atoms with Crippen molar-refractivity contribution in [3.63, 3.8) is 0 Å². The second-order valence-corrected chi connectivity index (χ2v) is 9.08. The Labute approximate surface area is 222 Å². The number of carbonyl (C=O) groups is 1. The highest BCUT2D eigenvalue weighted by Crippen LogP contribution is 2.35. The molecule has 0 aliphatic rings. The van der Waals surface area contributed by atoms with Crippen molar-refractivity contribution in [1.29, 1.82) is 5.26 Å². The second-order valence-electron chi connectivity index (χ2n) is 7.92. The fourth-order valence-electron chi connectivity index (χ4n) is 3.40. The lowest BCUT2D eigenvalue weighted by molar-refractivity contribution is -0.384. The smallest absolute Gasteiger partial charge is 0.269 e. The van der Waals surface area contributed by atoms with Crippen LogP contribution in [-0.2, 0) is 11.4 Å². The molecule has 0 radical (unpaired) electrons. The van der Waals surface area contributed by atoms with Crippen molar-refractivity contribution in [3.8, 4) is 17.6 Å². The van der Waals surface area contributed by atoms with Gasteiger partial charge in [-0.2, -0.15) is 5.26 Å². The van der Waals surface area contributed by atoms with E-state index in [1.165, 1.54) is 18.2 Å². The van der Waals surface area contributed by atoms with E-state index in [-0.39, 0.29) is 17.9 Å². The molecule has 0 aliphatic heterocycles. The zero-order valence-corrected chi connectivity index (χ0v) is 22.2. The summed E-state index contributed by atoms with van der Waals surface area (Å²) in [6.45, 7) is 6.27. The normalized spacial score (nSPS) is 10.9. The fourth-order valence-corrected chi connectivity index (χ4v) is 4.18. The lowest BCUT2D eigenvalue weighted by Gasteiger charge is -2.15. The number of non-ortho nitro benzene ring substituents is 1. The number of benzene rings is 3. The van der Waals surface area contributed by atoms with Crippen LogP contribution in [0.5, 0.6) is 11.5 Å². The summed E-state index contributed by atoms with van der Waals surface area (Å²) in [6.07, 6.45) is 1.50. The molecule has 3 aromatic carbocycles. The van der Waals surface area contributed by atoms with Crippen molar-refractivity contribution in [1.82, 2.24) is 0 Å². The maximum absolute atomic E-state index is 12.8. The zero-order valence-electron chi connectivity index (χ0n) is 20.0. The first-order valence-electron chi connectivity index (χ1n) is 11.0. The molecule has 0 fully saturated rings. The number of rotatable bonds is 9. The minimum absolute atomic E-state index is 0.00866. The number of hydrogen-bond donors (Lipinski definition) is 1. The number of nitro groups is 1. The number of carbonyl (C=O) groups excluding carboxylic acids is 1. The number of amides is 1. The zero-order chi connectivity index (χ0) is 26.2. The minimum Gasteiger partial charge on any atom is -0.490 e. The number of nitriles is 1. The Morgan fingerprint density at radius 2 is 1.86 bits per heavy atom. The van der Waals surface area contributed by atoms with Crippen LogP contribution in [0, 0.1) is 38.9 Å². The molecule has 184 valence electrons. The van der Waals surface area contributed by atoms with E-state index in [0.29, 0.717) is 29.4 Å². The van der Waals surface area contributed by atoms with Crippen LogP contribution in [0.4, 0.5) is 11.4 Å². The Bertz CT molecular complexity index is 1360. The molecule has 0 saturated carbocycles. The van der Waals surface area contributed by atoms with Gasteiger partial charge in [0, 0.05) is 17.8 Å². The van der Waals surface area contributed by atoms with Gasteiger partial charge in [-0.1, -0.05) is 17.7 Å². The van der Waals surface area contributed by atoms with Gasteiger partial charge >= 0.3 is 0 Å². The standard InChI is InChI=1S/C27H24IN3O5/c1-4-35-25-14-20(12-21(15-29)27(32)30-24-10-5-17(2)11-18(24)3)13-23(28)26(25)36-16-19-6-8-22(9-7-19)31(33)34/h5-14H,4,16H2,1-3H3,(H,30,32)/b21-12-. The first-order chi connectivity index (χ1) is 17.2. The number of aryl methyl sites for hydroxylation is 2. The molecule has 0 aromatic heterocycles. The van der Waals surface area contributed by atoms with E-state index in [2.05, 4.69) is 27.9 Å². The van der Waals surface area contributed by atoms with E-state index >= 15 is 0 Å². The van der Waals surface area contributed by atoms with Gasteiger partial charge in [-0.05, 0) is 96.5 Å². The lowest BCUT2D eigenvalue weighted by Crippen LogP contribution is -2.14. The van der Waals surface area contributed by atoms with Crippen molar-refractivity contribution in [2.45, 2.75) is 27.4 Å². The summed E-state index contributed by atoms with van der Waals surface area (Å²) in [4.78, 5) is 23.2. The van der Waals surface area contributed by atoms with Gasteiger partial charge in [0.2, 0.25) is 0 Å². The average Bonchev–Trinajstić information content (AvgIpc) is 2.84. The van der Waals surface area contributed by atoms with E-state index in [9.17, 15) is 20.2 Å². The van der Waals surface area contributed by atoms with Crippen molar-refractivity contribution in [2.24, 2.45) is 0 Å². The highest BCUT2D eigenvalue weighted by atomic mass is 127. The second kappa shape index (κ2) is 12.2. The predicted molar refractivity (Wildman–Crippen MR) is 146 cm³/mol. The van der Waals surface area contributed by atoms with Gasteiger partial charge in [-0.25, -0.2) is 0 Å². The van der Waals surface area contributed by atoms with E-state index in [1.54, 1.807) is 24.3 Å². The number of ether oxygens (including phenoxy) is 2. The predicted octanol–water partition coefficient (Wildman–Crippen LogP) is 6.34.